The summed E-state index contributed by atoms with van der Waals surface area (Å²) in [5.41, 5.74) is -1.00. The van der Waals surface area contributed by atoms with Crippen LogP contribution >= 0.6 is 0 Å². The second kappa shape index (κ2) is 6.41. The summed E-state index contributed by atoms with van der Waals surface area (Å²) in [6.45, 7) is 5.08. The van der Waals surface area contributed by atoms with Crippen LogP contribution in [0.2, 0.25) is 0 Å². The number of likely N-dealkylation sites (tertiary alicyclic amines) is 1. The third kappa shape index (κ3) is 5.32. The lowest BCUT2D eigenvalue weighted by Gasteiger charge is -2.26. The van der Waals surface area contributed by atoms with E-state index in [1.54, 1.807) is 20.8 Å². The van der Waals surface area contributed by atoms with Gasteiger partial charge >= 0.3 is 12.1 Å². The highest BCUT2D eigenvalue weighted by Crippen LogP contribution is 2.33. The van der Waals surface area contributed by atoms with E-state index in [0.29, 0.717) is 0 Å². The van der Waals surface area contributed by atoms with Crippen molar-refractivity contribution in [2.45, 2.75) is 45.1 Å². The standard InChI is InChI=1S/C14H21F2NO4/c1-13(2,3)21-12(19)17-7-5-10(9-11(18)20-4)14(15,16)6-8-17/h9H,5-8H2,1-4H3/b10-9+. The molecule has 0 radical (unpaired) electrons. The Kier molecular flexibility index (Phi) is 5.31. The first-order valence-electron chi connectivity index (χ1n) is 6.70. The van der Waals surface area contributed by atoms with Crippen molar-refractivity contribution in [2.75, 3.05) is 20.2 Å². The van der Waals surface area contributed by atoms with Gasteiger partial charge in [0, 0.05) is 31.2 Å². The number of halogens is 2. The van der Waals surface area contributed by atoms with E-state index in [2.05, 4.69) is 4.74 Å². The molecule has 1 aliphatic rings. The first kappa shape index (κ1) is 17.4. The maximum absolute atomic E-state index is 13.9. The van der Waals surface area contributed by atoms with E-state index in [1.807, 2.05) is 0 Å². The maximum atomic E-state index is 13.9. The molecule has 0 aromatic heterocycles. The molecule has 0 unspecified atom stereocenters. The smallest absolute Gasteiger partial charge is 0.410 e. The van der Waals surface area contributed by atoms with Crippen LogP contribution in [0.1, 0.15) is 33.6 Å². The topological polar surface area (TPSA) is 55.8 Å². The fourth-order valence-electron chi connectivity index (χ4n) is 1.87. The van der Waals surface area contributed by atoms with E-state index in [9.17, 15) is 18.4 Å². The maximum Gasteiger partial charge on any atom is 0.410 e. The average molecular weight is 305 g/mol. The number of amides is 1. The molecule has 1 amide bonds. The number of carbonyl (C=O) groups excluding carboxylic acids is 2. The molecule has 0 spiro atoms. The van der Waals surface area contributed by atoms with Gasteiger partial charge in [-0.25, -0.2) is 18.4 Å². The molecule has 5 nitrogen and oxygen atoms in total. The van der Waals surface area contributed by atoms with Gasteiger partial charge in [0.15, 0.2) is 0 Å². The van der Waals surface area contributed by atoms with Crippen LogP contribution in [0.3, 0.4) is 0 Å². The molecule has 1 fully saturated rings. The molecule has 1 aliphatic heterocycles. The predicted molar refractivity (Wildman–Crippen MR) is 72.1 cm³/mol. The fraction of sp³-hybridized carbons (Fsp3) is 0.714. The summed E-state index contributed by atoms with van der Waals surface area (Å²) >= 11 is 0. The highest BCUT2D eigenvalue weighted by atomic mass is 19.3. The molecule has 0 N–H and O–H groups in total. The normalized spacial score (nSPS) is 20.9. The zero-order chi connectivity index (χ0) is 16.3. The summed E-state index contributed by atoms with van der Waals surface area (Å²) < 4.78 is 37.4. The number of hydrogen-bond acceptors (Lipinski definition) is 4. The third-order valence-electron chi connectivity index (χ3n) is 2.96. The van der Waals surface area contributed by atoms with Crippen LogP contribution in [-0.4, -0.2) is 48.7 Å². The number of ether oxygens (including phenoxy) is 2. The van der Waals surface area contributed by atoms with E-state index in [0.717, 1.165) is 13.2 Å². The van der Waals surface area contributed by atoms with Crippen LogP contribution in [0.5, 0.6) is 0 Å². The number of esters is 1. The van der Waals surface area contributed by atoms with Crippen molar-refractivity contribution in [3.8, 4) is 0 Å². The van der Waals surface area contributed by atoms with Crippen LogP contribution < -0.4 is 0 Å². The lowest BCUT2D eigenvalue weighted by atomic mass is 10.0. The van der Waals surface area contributed by atoms with Crippen LogP contribution in [0.4, 0.5) is 13.6 Å². The number of hydrogen-bond donors (Lipinski definition) is 0. The molecule has 21 heavy (non-hydrogen) atoms. The molecular weight excluding hydrogens is 284 g/mol. The second-order valence-electron chi connectivity index (χ2n) is 5.86. The Morgan fingerprint density at radius 2 is 1.90 bits per heavy atom. The van der Waals surface area contributed by atoms with Gasteiger partial charge in [0.1, 0.15) is 5.60 Å². The van der Waals surface area contributed by atoms with Crippen LogP contribution in [0.15, 0.2) is 11.6 Å². The second-order valence-corrected chi connectivity index (χ2v) is 5.86. The van der Waals surface area contributed by atoms with Crippen LogP contribution in [0, 0.1) is 0 Å². The number of nitrogens with zero attached hydrogens (tertiary/aromatic N) is 1. The molecule has 1 rings (SSSR count). The van der Waals surface area contributed by atoms with Gasteiger partial charge in [0.2, 0.25) is 0 Å². The van der Waals surface area contributed by atoms with E-state index in [-0.39, 0.29) is 25.1 Å². The van der Waals surface area contributed by atoms with Crippen molar-refractivity contribution in [1.82, 2.24) is 4.90 Å². The Morgan fingerprint density at radius 1 is 1.29 bits per heavy atom. The van der Waals surface area contributed by atoms with Crippen molar-refractivity contribution in [3.63, 3.8) is 0 Å². The van der Waals surface area contributed by atoms with Gasteiger partial charge in [-0.15, -0.1) is 0 Å². The Labute approximate surface area is 122 Å². The highest BCUT2D eigenvalue weighted by Gasteiger charge is 2.39. The molecule has 0 bridgehead atoms. The van der Waals surface area contributed by atoms with Gasteiger partial charge in [-0.2, -0.15) is 0 Å². The van der Waals surface area contributed by atoms with Gasteiger partial charge in [0.05, 0.1) is 7.11 Å². The average Bonchev–Trinajstić information content (AvgIpc) is 2.47. The fourth-order valence-corrected chi connectivity index (χ4v) is 1.87. The Balaban J connectivity index is 2.82. The third-order valence-corrected chi connectivity index (χ3v) is 2.96. The van der Waals surface area contributed by atoms with Gasteiger partial charge < -0.3 is 14.4 Å². The molecule has 120 valence electrons. The van der Waals surface area contributed by atoms with Crippen molar-refractivity contribution < 1.29 is 27.8 Å². The van der Waals surface area contributed by atoms with E-state index in [1.165, 1.54) is 4.90 Å². The Morgan fingerprint density at radius 3 is 2.43 bits per heavy atom. The summed E-state index contributed by atoms with van der Waals surface area (Å²) in [6, 6.07) is 0. The molecule has 0 aliphatic carbocycles. The summed E-state index contributed by atoms with van der Waals surface area (Å²) in [5, 5.41) is 0. The summed E-state index contributed by atoms with van der Waals surface area (Å²) in [5.74, 6) is -3.96. The van der Waals surface area contributed by atoms with Crippen molar-refractivity contribution in [3.05, 3.63) is 11.6 Å². The lowest BCUT2D eigenvalue weighted by Crippen LogP contribution is -2.37. The van der Waals surface area contributed by atoms with Crippen molar-refractivity contribution >= 4 is 12.1 Å². The summed E-state index contributed by atoms with van der Waals surface area (Å²) in [7, 11) is 1.13. The quantitative estimate of drug-likeness (QED) is 0.552. The zero-order valence-corrected chi connectivity index (χ0v) is 12.7. The van der Waals surface area contributed by atoms with E-state index in [4.69, 9.17) is 4.74 Å². The van der Waals surface area contributed by atoms with E-state index < -0.39 is 30.0 Å². The van der Waals surface area contributed by atoms with Crippen LogP contribution in [-0.2, 0) is 14.3 Å². The molecule has 0 aromatic carbocycles. The number of carbonyl (C=O) groups is 2. The van der Waals surface area contributed by atoms with Crippen LogP contribution in [0.25, 0.3) is 0 Å². The largest absolute Gasteiger partial charge is 0.466 e. The van der Waals surface area contributed by atoms with Gasteiger partial charge in [0.25, 0.3) is 5.92 Å². The number of rotatable bonds is 1. The Hall–Kier alpha value is -1.66. The van der Waals surface area contributed by atoms with Gasteiger partial charge in [-0.1, -0.05) is 0 Å². The molecule has 0 aromatic rings. The minimum atomic E-state index is -3.13. The summed E-state index contributed by atoms with van der Waals surface area (Å²) in [4.78, 5) is 24.3. The first-order chi connectivity index (χ1) is 9.55. The molecular formula is C14H21F2NO4. The highest BCUT2D eigenvalue weighted by molar-refractivity contribution is 5.83. The van der Waals surface area contributed by atoms with Crippen molar-refractivity contribution in [2.24, 2.45) is 0 Å². The van der Waals surface area contributed by atoms with Gasteiger partial charge in [-0.05, 0) is 27.2 Å². The zero-order valence-electron chi connectivity index (χ0n) is 12.7. The monoisotopic (exact) mass is 305 g/mol. The first-order valence-corrected chi connectivity index (χ1v) is 6.70. The number of alkyl halides is 2. The molecule has 0 saturated carbocycles. The molecule has 1 heterocycles. The number of methoxy groups -OCH3 is 1. The molecule has 7 heteroatoms. The SMILES string of the molecule is COC(=O)/C=C1\CCN(C(=O)OC(C)(C)C)CCC1(F)F. The van der Waals surface area contributed by atoms with Gasteiger partial charge in [-0.3, -0.25) is 0 Å². The minimum absolute atomic E-state index is 0.0767. The Bertz CT molecular complexity index is 441. The van der Waals surface area contributed by atoms with E-state index >= 15 is 0 Å². The lowest BCUT2D eigenvalue weighted by molar-refractivity contribution is -0.135. The predicted octanol–water partition coefficient (Wildman–Crippen LogP) is 2.75. The molecule has 1 saturated heterocycles. The molecule has 0 atom stereocenters. The summed E-state index contributed by atoms with van der Waals surface area (Å²) in [6.07, 6.45) is -0.465. The van der Waals surface area contributed by atoms with Crippen molar-refractivity contribution in [1.29, 1.82) is 0 Å². The minimum Gasteiger partial charge on any atom is -0.466 e.